The number of likely N-dealkylation sites (N-methyl/N-ethyl adjacent to an activating group) is 1. The van der Waals surface area contributed by atoms with Gasteiger partial charge >= 0.3 is 0 Å². The van der Waals surface area contributed by atoms with Gasteiger partial charge in [-0.1, -0.05) is 13.8 Å². The van der Waals surface area contributed by atoms with Gasteiger partial charge in [0.2, 0.25) is 0 Å². The van der Waals surface area contributed by atoms with Gasteiger partial charge < -0.3 is 15.1 Å². The van der Waals surface area contributed by atoms with Gasteiger partial charge in [0.1, 0.15) is 5.82 Å². The highest BCUT2D eigenvalue weighted by Gasteiger charge is 2.17. The number of anilines is 1. The van der Waals surface area contributed by atoms with E-state index < -0.39 is 0 Å². The molecule has 0 bridgehead atoms. The quantitative estimate of drug-likeness (QED) is 0.779. The second-order valence-corrected chi connectivity index (χ2v) is 4.97. The summed E-state index contributed by atoms with van der Waals surface area (Å²) in [5, 5.41) is 3.37. The molecule has 0 atom stereocenters. The van der Waals surface area contributed by atoms with E-state index in [-0.39, 0.29) is 0 Å². The molecular formula is C14H25N5. The summed E-state index contributed by atoms with van der Waals surface area (Å²) in [6, 6.07) is 0. The Morgan fingerprint density at radius 1 is 1.16 bits per heavy atom. The SMILES string of the molecule is CCCNCc1cncc(N2CCN(CC)CC2)n1. The number of hydrogen-bond donors (Lipinski definition) is 1. The van der Waals surface area contributed by atoms with Gasteiger partial charge in [0, 0.05) is 38.9 Å². The fourth-order valence-electron chi connectivity index (χ4n) is 2.32. The Hall–Kier alpha value is -1.20. The smallest absolute Gasteiger partial charge is 0.147 e. The van der Waals surface area contributed by atoms with E-state index in [2.05, 4.69) is 33.9 Å². The number of piperazine rings is 1. The molecule has 0 spiro atoms. The Morgan fingerprint density at radius 3 is 2.63 bits per heavy atom. The van der Waals surface area contributed by atoms with Crippen LogP contribution in [0.15, 0.2) is 12.4 Å². The highest BCUT2D eigenvalue weighted by Crippen LogP contribution is 2.12. The minimum atomic E-state index is 0.809. The molecule has 1 aromatic heterocycles. The number of rotatable bonds is 6. The van der Waals surface area contributed by atoms with E-state index >= 15 is 0 Å². The van der Waals surface area contributed by atoms with Gasteiger partial charge in [0.05, 0.1) is 11.9 Å². The molecule has 0 unspecified atom stereocenters. The lowest BCUT2D eigenvalue weighted by atomic mass is 10.3. The van der Waals surface area contributed by atoms with Gasteiger partial charge in [0.15, 0.2) is 0 Å². The average Bonchev–Trinajstić information content (AvgIpc) is 2.48. The predicted molar refractivity (Wildman–Crippen MR) is 78.4 cm³/mol. The van der Waals surface area contributed by atoms with Crippen LogP contribution in [0.4, 0.5) is 5.82 Å². The Labute approximate surface area is 116 Å². The standard InChI is InChI=1S/C14H25N5/c1-3-5-15-10-13-11-16-12-14(17-13)19-8-6-18(4-2)7-9-19/h11-12,15H,3-10H2,1-2H3. The fraction of sp³-hybridized carbons (Fsp3) is 0.714. The van der Waals surface area contributed by atoms with E-state index in [4.69, 9.17) is 4.98 Å². The Balaban J connectivity index is 1.91. The molecule has 1 aliphatic rings. The molecule has 0 saturated carbocycles. The van der Waals surface area contributed by atoms with E-state index in [1.165, 1.54) is 0 Å². The Bertz CT molecular complexity index is 374. The van der Waals surface area contributed by atoms with Crippen molar-refractivity contribution in [3.05, 3.63) is 18.1 Å². The molecule has 1 N–H and O–H groups in total. The minimum Gasteiger partial charge on any atom is -0.353 e. The lowest BCUT2D eigenvalue weighted by molar-refractivity contribution is 0.270. The van der Waals surface area contributed by atoms with Crippen molar-refractivity contribution < 1.29 is 0 Å². The van der Waals surface area contributed by atoms with Crippen molar-refractivity contribution in [2.24, 2.45) is 0 Å². The minimum absolute atomic E-state index is 0.809. The topological polar surface area (TPSA) is 44.3 Å². The molecule has 1 aliphatic heterocycles. The first-order chi connectivity index (χ1) is 9.33. The van der Waals surface area contributed by atoms with Crippen LogP contribution in [0.25, 0.3) is 0 Å². The molecule has 19 heavy (non-hydrogen) atoms. The van der Waals surface area contributed by atoms with Crippen molar-refractivity contribution in [3.63, 3.8) is 0 Å². The summed E-state index contributed by atoms with van der Waals surface area (Å²) in [5.41, 5.74) is 1.03. The van der Waals surface area contributed by atoms with Crippen molar-refractivity contribution in [2.45, 2.75) is 26.8 Å². The van der Waals surface area contributed by atoms with Crippen LogP contribution in [0.1, 0.15) is 26.0 Å². The Morgan fingerprint density at radius 2 is 1.95 bits per heavy atom. The zero-order chi connectivity index (χ0) is 13.5. The van der Waals surface area contributed by atoms with Gasteiger partial charge in [-0.2, -0.15) is 0 Å². The third kappa shape index (κ3) is 4.14. The van der Waals surface area contributed by atoms with Crippen LogP contribution < -0.4 is 10.2 Å². The van der Waals surface area contributed by atoms with Crippen LogP contribution in [0.5, 0.6) is 0 Å². The van der Waals surface area contributed by atoms with Crippen molar-refractivity contribution >= 4 is 5.82 Å². The summed E-state index contributed by atoms with van der Waals surface area (Å²) >= 11 is 0. The van der Waals surface area contributed by atoms with E-state index in [0.29, 0.717) is 0 Å². The number of aromatic nitrogens is 2. The zero-order valence-electron chi connectivity index (χ0n) is 12.1. The summed E-state index contributed by atoms with van der Waals surface area (Å²) in [5.74, 6) is 1.02. The monoisotopic (exact) mass is 263 g/mol. The molecule has 0 amide bonds. The maximum Gasteiger partial charge on any atom is 0.147 e. The summed E-state index contributed by atoms with van der Waals surface area (Å²) in [6.45, 7) is 11.7. The van der Waals surface area contributed by atoms with E-state index in [1.54, 1.807) is 0 Å². The first-order valence-electron chi connectivity index (χ1n) is 7.32. The van der Waals surface area contributed by atoms with Crippen LogP contribution >= 0.6 is 0 Å². The number of hydrogen-bond acceptors (Lipinski definition) is 5. The maximum atomic E-state index is 4.70. The van der Waals surface area contributed by atoms with E-state index in [0.717, 1.165) is 63.7 Å². The summed E-state index contributed by atoms with van der Waals surface area (Å²) < 4.78 is 0. The lowest BCUT2D eigenvalue weighted by Gasteiger charge is -2.34. The van der Waals surface area contributed by atoms with Crippen LogP contribution in [0.3, 0.4) is 0 Å². The van der Waals surface area contributed by atoms with Crippen LogP contribution in [0, 0.1) is 0 Å². The molecule has 0 radical (unpaired) electrons. The largest absolute Gasteiger partial charge is 0.353 e. The van der Waals surface area contributed by atoms with Crippen LogP contribution in [-0.2, 0) is 6.54 Å². The normalized spacial score (nSPS) is 16.8. The maximum absolute atomic E-state index is 4.70. The van der Waals surface area contributed by atoms with Crippen molar-refractivity contribution in [2.75, 3.05) is 44.2 Å². The third-order valence-corrected chi connectivity index (χ3v) is 3.55. The molecule has 2 rings (SSSR count). The molecular weight excluding hydrogens is 238 g/mol. The molecule has 106 valence electrons. The molecule has 0 aromatic carbocycles. The predicted octanol–water partition coefficient (Wildman–Crippen LogP) is 1.12. The molecule has 1 aromatic rings. The third-order valence-electron chi connectivity index (χ3n) is 3.55. The number of nitrogens with zero attached hydrogens (tertiary/aromatic N) is 4. The van der Waals surface area contributed by atoms with Crippen molar-refractivity contribution in [3.8, 4) is 0 Å². The van der Waals surface area contributed by atoms with Crippen molar-refractivity contribution in [1.29, 1.82) is 0 Å². The van der Waals surface area contributed by atoms with E-state index in [1.807, 2.05) is 12.4 Å². The fourth-order valence-corrected chi connectivity index (χ4v) is 2.32. The van der Waals surface area contributed by atoms with Gasteiger partial charge in [-0.3, -0.25) is 4.98 Å². The average molecular weight is 263 g/mol. The van der Waals surface area contributed by atoms with Gasteiger partial charge in [-0.25, -0.2) is 4.98 Å². The van der Waals surface area contributed by atoms with Gasteiger partial charge in [-0.05, 0) is 19.5 Å². The Kier molecular flexibility index (Phi) is 5.54. The summed E-state index contributed by atoms with van der Waals surface area (Å²) in [6.07, 6.45) is 4.88. The summed E-state index contributed by atoms with van der Waals surface area (Å²) in [4.78, 5) is 13.8. The first-order valence-corrected chi connectivity index (χ1v) is 7.32. The molecule has 2 heterocycles. The zero-order valence-corrected chi connectivity index (χ0v) is 12.1. The van der Waals surface area contributed by atoms with Gasteiger partial charge in [-0.15, -0.1) is 0 Å². The number of nitrogens with one attached hydrogen (secondary N) is 1. The second-order valence-electron chi connectivity index (χ2n) is 4.97. The van der Waals surface area contributed by atoms with Crippen molar-refractivity contribution in [1.82, 2.24) is 20.2 Å². The molecule has 0 aliphatic carbocycles. The second kappa shape index (κ2) is 7.40. The molecule has 1 fully saturated rings. The molecule has 5 heteroatoms. The van der Waals surface area contributed by atoms with E-state index in [9.17, 15) is 0 Å². The first kappa shape index (κ1) is 14.2. The summed E-state index contributed by atoms with van der Waals surface area (Å²) in [7, 11) is 0. The highest BCUT2D eigenvalue weighted by molar-refractivity contribution is 5.37. The highest BCUT2D eigenvalue weighted by atomic mass is 15.3. The van der Waals surface area contributed by atoms with Crippen LogP contribution in [0.2, 0.25) is 0 Å². The van der Waals surface area contributed by atoms with Gasteiger partial charge in [0.25, 0.3) is 0 Å². The van der Waals surface area contributed by atoms with Crippen LogP contribution in [-0.4, -0.2) is 54.1 Å². The molecule has 1 saturated heterocycles. The molecule has 5 nitrogen and oxygen atoms in total. The lowest BCUT2D eigenvalue weighted by Crippen LogP contribution is -2.46.